The van der Waals surface area contributed by atoms with Crippen LogP contribution in [0, 0.1) is 6.92 Å². The van der Waals surface area contributed by atoms with E-state index < -0.39 is 0 Å². The molecule has 2 aromatic rings. The van der Waals surface area contributed by atoms with Crippen molar-refractivity contribution in [2.24, 2.45) is 0 Å². The van der Waals surface area contributed by atoms with Gasteiger partial charge in [0.2, 0.25) is 0 Å². The highest BCUT2D eigenvalue weighted by molar-refractivity contribution is 5.63. The van der Waals surface area contributed by atoms with Crippen LogP contribution in [-0.4, -0.2) is 9.97 Å². The van der Waals surface area contributed by atoms with Crippen LogP contribution < -0.4 is 0 Å². The Morgan fingerprint density at radius 2 is 1.67 bits per heavy atom. The molecule has 0 saturated heterocycles. The molecule has 0 amide bonds. The van der Waals surface area contributed by atoms with E-state index in [0.717, 1.165) is 17.8 Å². The van der Waals surface area contributed by atoms with Crippen molar-refractivity contribution in [3.8, 4) is 11.1 Å². The summed E-state index contributed by atoms with van der Waals surface area (Å²) in [5, 5.41) is 0. The quantitative estimate of drug-likeness (QED) is 0.741. The van der Waals surface area contributed by atoms with Gasteiger partial charge >= 0.3 is 0 Å². The first kappa shape index (κ1) is 9.84. The molecular weight excluding hydrogens is 184 g/mol. The number of aryl methyl sites for hydroxylation is 2. The van der Waals surface area contributed by atoms with Gasteiger partial charge in [-0.1, -0.05) is 6.92 Å². The zero-order valence-corrected chi connectivity index (χ0v) is 9.07. The first-order valence-corrected chi connectivity index (χ1v) is 5.17. The molecule has 2 rings (SSSR count). The van der Waals surface area contributed by atoms with Crippen LogP contribution in [0.2, 0.25) is 0 Å². The lowest BCUT2D eigenvalue weighted by molar-refractivity contribution is 1.04. The van der Waals surface area contributed by atoms with Gasteiger partial charge in [0.15, 0.2) is 0 Å². The average molecular weight is 198 g/mol. The molecule has 2 heterocycles. The zero-order chi connectivity index (χ0) is 10.7. The van der Waals surface area contributed by atoms with Crippen molar-refractivity contribution in [3.63, 3.8) is 0 Å². The third-order valence-electron chi connectivity index (χ3n) is 2.41. The van der Waals surface area contributed by atoms with Crippen LogP contribution in [0.25, 0.3) is 11.1 Å². The normalized spacial score (nSPS) is 10.3. The Morgan fingerprint density at radius 3 is 2.33 bits per heavy atom. The van der Waals surface area contributed by atoms with E-state index in [-0.39, 0.29) is 0 Å². The van der Waals surface area contributed by atoms with Gasteiger partial charge < -0.3 is 0 Å². The molecule has 0 unspecified atom stereocenters. The monoisotopic (exact) mass is 198 g/mol. The first-order chi connectivity index (χ1) is 7.29. The van der Waals surface area contributed by atoms with E-state index in [2.05, 4.69) is 29.0 Å². The molecule has 0 radical (unpaired) electrons. The molecule has 2 aromatic heterocycles. The lowest BCUT2D eigenvalue weighted by atomic mass is 10.1. The molecule has 0 aromatic carbocycles. The number of hydrogen-bond donors (Lipinski definition) is 0. The topological polar surface area (TPSA) is 25.8 Å². The smallest absolute Gasteiger partial charge is 0.0407 e. The molecule has 2 nitrogen and oxygen atoms in total. The van der Waals surface area contributed by atoms with Crippen LogP contribution in [0.3, 0.4) is 0 Å². The maximum atomic E-state index is 4.29. The molecule has 0 aliphatic heterocycles. The highest BCUT2D eigenvalue weighted by atomic mass is 14.7. The lowest BCUT2D eigenvalue weighted by Gasteiger charge is -2.03. The predicted molar refractivity (Wildman–Crippen MR) is 61.6 cm³/mol. The molecule has 0 fully saturated rings. The predicted octanol–water partition coefficient (Wildman–Crippen LogP) is 3.01. The van der Waals surface area contributed by atoms with Gasteiger partial charge in [-0.25, -0.2) is 0 Å². The van der Waals surface area contributed by atoms with Gasteiger partial charge in [0, 0.05) is 23.8 Å². The van der Waals surface area contributed by atoms with E-state index in [1.54, 1.807) is 0 Å². The van der Waals surface area contributed by atoms with Crippen molar-refractivity contribution >= 4 is 0 Å². The fraction of sp³-hybridized carbons (Fsp3) is 0.231. The van der Waals surface area contributed by atoms with Gasteiger partial charge in [-0.3, -0.25) is 9.97 Å². The maximum Gasteiger partial charge on any atom is 0.0407 e. The standard InChI is InChI=1S/C13H14N2/c1-3-13-9-12(5-7-15-13)11-4-6-14-10(2)8-11/h4-9H,3H2,1-2H3. The molecule has 2 heteroatoms. The largest absolute Gasteiger partial charge is 0.262 e. The number of aromatic nitrogens is 2. The van der Waals surface area contributed by atoms with Gasteiger partial charge in [0.25, 0.3) is 0 Å². The SMILES string of the molecule is CCc1cc(-c2ccnc(C)c2)ccn1. The van der Waals surface area contributed by atoms with Gasteiger partial charge in [0.05, 0.1) is 0 Å². The number of rotatable bonds is 2. The molecule has 0 aliphatic carbocycles. The van der Waals surface area contributed by atoms with Gasteiger partial charge in [-0.2, -0.15) is 0 Å². The third-order valence-corrected chi connectivity index (χ3v) is 2.41. The van der Waals surface area contributed by atoms with Crippen molar-refractivity contribution in [2.45, 2.75) is 20.3 Å². The number of hydrogen-bond acceptors (Lipinski definition) is 2. The molecular formula is C13H14N2. The van der Waals surface area contributed by atoms with E-state index in [4.69, 9.17) is 0 Å². The summed E-state index contributed by atoms with van der Waals surface area (Å²) in [6.45, 7) is 4.12. The highest BCUT2D eigenvalue weighted by Gasteiger charge is 1.99. The Labute approximate surface area is 90.0 Å². The molecule has 76 valence electrons. The van der Waals surface area contributed by atoms with E-state index >= 15 is 0 Å². The summed E-state index contributed by atoms with van der Waals surface area (Å²) in [5.74, 6) is 0. The number of pyridine rings is 2. The van der Waals surface area contributed by atoms with Crippen LogP contribution in [0.15, 0.2) is 36.7 Å². The van der Waals surface area contributed by atoms with Crippen molar-refractivity contribution in [1.29, 1.82) is 0 Å². The van der Waals surface area contributed by atoms with E-state index in [9.17, 15) is 0 Å². The minimum absolute atomic E-state index is 0.970. The van der Waals surface area contributed by atoms with Crippen LogP contribution in [-0.2, 0) is 6.42 Å². The second kappa shape index (κ2) is 4.22. The van der Waals surface area contributed by atoms with Gasteiger partial charge in [-0.15, -0.1) is 0 Å². The summed E-state index contributed by atoms with van der Waals surface area (Å²) in [7, 11) is 0. The summed E-state index contributed by atoms with van der Waals surface area (Å²) in [5.41, 5.74) is 4.59. The summed E-state index contributed by atoms with van der Waals surface area (Å²) in [6.07, 6.45) is 4.68. The van der Waals surface area contributed by atoms with Crippen molar-refractivity contribution in [3.05, 3.63) is 48.0 Å². The van der Waals surface area contributed by atoms with Crippen molar-refractivity contribution in [2.75, 3.05) is 0 Å². The molecule has 0 saturated carbocycles. The van der Waals surface area contributed by atoms with E-state index in [1.165, 1.54) is 11.1 Å². The highest BCUT2D eigenvalue weighted by Crippen LogP contribution is 2.19. The fourth-order valence-electron chi connectivity index (χ4n) is 1.58. The van der Waals surface area contributed by atoms with Crippen molar-refractivity contribution < 1.29 is 0 Å². The Balaban J connectivity index is 2.44. The molecule has 0 atom stereocenters. The Bertz CT molecular complexity index is 464. The molecule has 0 bridgehead atoms. The first-order valence-electron chi connectivity index (χ1n) is 5.17. The van der Waals surface area contributed by atoms with Crippen LogP contribution in [0.1, 0.15) is 18.3 Å². The molecule has 0 N–H and O–H groups in total. The van der Waals surface area contributed by atoms with E-state index in [1.807, 2.05) is 31.5 Å². The zero-order valence-electron chi connectivity index (χ0n) is 9.07. The van der Waals surface area contributed by atoms with E-state index in [0.29, 0.717) is 0 Å². The summed E-state index contributed by atoms with van der Waals surface area (Å²) in [4.78, 5) is 8.48. The maximum absolute atomic E-state index is 4.29. The van der Waals surface area contributed by atoms with Crippen LogP contribution >= 0.6 is 0 Å². The van der Waals surface area contributed by atoms with Gasteiger partial charge in [-0.05, 0) is 48.7 Å². The third kappa shape index (κ3) is 2.21. The lowest BCUT2D eigenvalue weighted by Crippen LogP contribution is -1.88. The minimum Gasteiger partial charge on any atom is -0.262 e. The Hall–Kier alpha value is -1.70. The molecule has 0 aliphatic rings. The summed E-state index contributed by atoms with van der Waals surface area (Å²) < 4.78 is 0. The summed E-state index contributed by atoms with van der Waals surface area (Å²) >= 11 is 0. The van der Waals surface area contributed by atoms with Crippen LogP contribution in [0.4, 0.5) is 0 Å². The van der Waals surface area contributed by atoms with Crippen molar-refractivity contribution in [1.82, 2.24) is 9.97 Å². The fourth-order valence-corrected chi connectivity index (χ4v) is 1.58. The molecule has 15 heavy (non-hydrogen) atoms. The Kier molecular flexibility index (Phi) is 2.77. The minimum atomic E-state index is 0.970. The second-order valence-electron chi connectivity index (χ2n) is 3.58. The Morgan fingerprint density at radius 1 is 1.00 bits per heavy atom. The molecule has 0 spiro atoms. The number of nitrogens with zero attached hydrogens (tertiary/aromatic N) is 2. The second-order valence-corrected chi connectivity index (χ2v) is 3.58. The average Bonchev–Trinajstić information content (AvgIpc) is 2.29. The summed E-state index contributed by atoms with van der Waals surface area (Å²) in [6, 6.07) is 8.29. The van der Waals surface area contributed by atoms with Crippen LogP contribution in [0.5, 0.6) is 0 Å². The van der Waals surface area contributed by atoms with Gasteiger partial charge in [0.1, 0.15) is 0 Å².